The summed E-state index contributed by atoms with van der Waals surface area (Å²) in [5.74, 6) is -0.542. The summed E-state index contributed by atoms with van der Waals surface area (Å²) in [6.07, 6.45) is 7.88. The molecule has 3 N–H and O–H groups in total. The number of carbonyl (C=O) groups excluding carboxylic acids is 3. The maximum absolute atomic E-state index is 12.4. The lowest BCUT2D eigenvalue weighted by atomic mass is 10.2. The lowest BCUT2D eigenvalue weighted by Gasteiger charge is -2.09. The number of benzene rings is 1. The van der Waals surface area contributed by atoms with Gasteiger partial charge in [0.2, 0.25) is 5.91 Å². The van der Waals surface area contributed by atoms with Crippen LogP contribution in [0.5, 0.6) is 0 Å². The van der Waals surface area contributed by atoms with E-state index in [1.807, 2.05) is 36.7 Å². The average Bonchev–Trinajstić information content (AvgIpc) is 2.72. The first-order chi connectivity index (χ1) is 14.1. The SMILES string of the molecule is NC(=O)CCCCNC(=O)c1ccccc1SC(=O)CCCC[n+]1ccccc1. The summed E-state index contributed by atoms with van der Waals surface area (Å²) >= 11 is 1.12. The molecule has 0 bridgehead atoms. The first-order valence-corrected chi connectivity index (χ1v) is 10.7. The van der Waals surface area contributed by atoms with Gasteiger partial charge in [-0.1, -0.05) is 30.0 Å². The van der Waals surface area contributed by atoms with Crippen molar-refractivity contribution in [3.05, 3.63) is 60.4 Å². The molecule has 0 radical (unpaired) electrons. The molecule has 29 heavy (non-hydrogen) atoms. The highest BCUT2D eigenvalue weighted by Gasteiger charge is 2.14. The van der Waals surface area contributed by atoms with Gasteiger partial charge in [0.25, 0.3) is 5.91 Å². The van der Waals surface area contributed by atoms with Gasteiger partial charge < -0.3 is 11.1 Å². The molecule has 0 aliphatic heterocycles. The zero-order valence-electron chi connectivity index (χ0n) is 16.5. The first kappa shape index (κ1) is 22.6. The van der Waals surface area contributed by atoms with Gasteiger partial charge in [0.1, 0.15) is 6.54 Å². The highest BCUT2D eigenvalue weighted by molar-refractivity contribution is 8.13. The minimum Gasteiger partial charge on any atom is -0.370 e. The van der Waals surface area contributed by atoms with E-state index in [9.17, 15) is 14.4 Å². The Hall–Kier alpha value is -2.67. The van der Waals surface area contributed by atoms with E-state index in [0.717, 1.165) is 31.1 Å². The van der Waals surface area contributed by atoms with Gasteiger partial charge in [0, 0.05) is 42.8 Å². The lowest BCUT2D eigenvalue weighted by molar-refractivity contribution is -0.697. The van der Waals surface area contributed by atoms with Crippen LogP contribution in [0.2, 0.25) is 0 Å². The van der Waals surface area contributed by atoms with E-state index in [4.69, 9.17) is 5.73 Å². The van der Waals surface area contributed by atoms with E-state index >= 15 is 0 Å². The van der Waals surface area contributed by atoms with Crippen molar-refractivity contribution in [3.8, 4) is 0 Å². The number of carbonyl (C=O) groups is 3. The van der Waals surface area contributed by atoms with Gasteiger partial charge in [0.05, 0.1) is 5.56 Å². The van der Waals surface area contributed by atoms with Crippen LogP contribution in [0, 0.1) is 0 Å². The molecule has 0 spiro atoms. The molecule has 2 amide bonds. The van der Waals surface area contributed by atoms with Crippen LogP contribution in [0.4, 0.5) is 0 Å². The Morgan fingerprint density at radius 3 is 2.38 bits per heavy atom. The van der Waals surface area contributed by atoms with E-state index in [1.54, 1.807) is 18.2 Å². The number of thioether (sulfide) groups is 1. The Labute approximate surface area is 175 Å². The number of pyridine rings is 1. The van der Waals surface area contributed by atoms with Crippen LogP contribution in [0.1, 0.15) is 48.9 Å². The Morgan fingerprint density at radius 2 is 1.62 bits per heavy atom. The highest BCUT2D eigenvalue weighted by Crippen LogP contribution is 2.25. The zero-order valence-corrected chi connectivity index (χ0v) is 17.3. The largest absolute Gasteiger partial charge is 0.370 e. The second kappa shape index (κ2) is 12.7. The number of aromatic nitrogens is 1. The molecule has 1 aromatic carbocycles. The van der Waals surface area contributed by atoms with Crippen molar-refractivity contribution in [1.82, 2.24) is 5.32 Å². The third-order valence-electron chi connectivity index (χ3n) is 4.32. The predicted octanol–water partition coefficient (Wildman–Crippen LogP) is 2.85. The standard InChI is InChI=1S/C22H27N3O3S/c23-20(26)12-4-6-14-24-22(28)18-10-2-3-11-19(18)29-21(27)13-5-9-17-25-15-7-1-8-16-25/h1-3,7-8,10-11,15-16H,4-6,9,12-14,17H2,(H2-,23,24,26,28)/p+1. The minimum absolute atomic E-state index is 0.0600. The molecular formula is C22H28N3O3S+. The van der Waals surface area contributed by atoms with Crippen molar-refractivity contribution >= 4 is 28.7 Å². The number of amides is 2. The van der Waals surface area contributed by atoms with E-state index in [2.05, 4.69) is 9.88 Å². The third-order valence-corrected chi connectivity index (χ3v) is 5.32. The quantitative estimate of drug-likeness (QED) is 0.317. The third kappa shape index (κ3) is 8.91. The fourth-order valence-electron chi connectivity index (χ4n) is 2.79. The van der Waals surface area contributed by atoms with Crippen molar-refractivity contribution < 1.29 is 19.0 Å². The second-order valence-electron chi connectivity index (χ2n) is 6.72. The minimum atomic E-state index is -0.334. The number of nitrogens with one attached hydrogen (secondary N) is 1. The van der Waals surface area contributed by atoms with Crippen LogP contribution < -0.4 is 15.6 Å². The Bertz CT molecular complexity index is 812. The van der Waals surface area contributed by atoms with Crippen molar-refractivity contribution in [1.29, 1.82) is 0 Å². The van der Waals surface area contributed by atoms with E-state index < -0.39 is 0 Å². The molecule has 2 aromatic rings. The summed E-state index contributed by atoms with van der Waals surface area (Å²) in [6.45, 7) is 1.35. The van der Waals surface area contributed by atoms with E-state index in [0.29, 0.717) is 42.7 Å². The van der Waals surface area contributed by atoms with Gasteiger partial charge in [-0.25, -0.2) is 4.57 Å². The number of nitrogens with two attached hydrogens (primary N) is 1. The molecule has 0 saturated heterocycles. The van der Waals surface area contributed by atoms with Crippen LogP contribution in [0.15, 0.2) is 59.8 Å². The van der Waals surface area contributed by atoms with Gasteiger partial charge in [-0.05, 0) is 31.4 Å². The number of unbranched alkanes of at least 4 members (excludes halogenated alkanes) is 2. The van der Waals surface area contributed by atoms with Gasteiger partial charge >= 0.3 is 0 Å². The van der Waals surface area contributed by atoms with Crippen LogP contribution in [0.25, 0.3) is 0 Å². The number of nitrogens with zero attached hydrogens (tertiary/aromatic N) is 1. The highest BCUT2D eigenvalue weighted by atomic mass is 32.2. The van der Waals surface area contributed by atoms with Crippen molar-refractivity contribution in [2.45, 2.75) is 50.0 Å². The first-order valence-electron chi connectivity index (χ1n) is 9.86. The van der Waals surface area contributed by atoms with Gasteiger partial charge in [0.15, 0.2) is 17.5 Å². The summed E-state index contributed by atoms with van der Waals surface area (Å²) in [6, 6.07) is 13.1. The Kier molecular flexibility index (Phi) is 9.92. The maximum atomic E-state index is 12.4. The number of primary amides is 1. The molecule has 0 unspecified atom stereocenters. The van der Waals surface area contributed by atoms with Crippen molar-refractivity contribution in [2.75, 3.05) is 6.54 Å². The molecule has 154 valence electrons. The molecule has 1 heterocycles. The average molecular weight is 415 g/mol. The summed E-state index contributed by atoms with van der Waals surface area (Å²) in [5.41, 5.74) is 5.60. The van der Waals surface area contributed by atoms with Gasteiger partial charge in [-0.2, -0.15) is 0 Å². The van der Waals surface area contributed by atoms with Gasteiger partial charge in [-0.3, -0.25) is 14.4 Å². The van der Waals surface area contributed by atoms with Crippen molar-refractivity contribution in [3.63, 3.8) is 0 Å². The molecule has 6 nitrogen and oxygen atoms in total. The normalized spacial score (nSPS) is 10.5. The van der Waals surface area contributed by atoms with Crippen LogP contribution in [0.3, 0.4) is 0 Å². The van der Waals surface area contributed by atoms with Crippen LogP contribution >= 0.6 is 11.8 Å². The maximum Gasteiger partial charge on any atom is 0.252 e. The molecule has 0 aliphatic rings. The molecule has 2 rings (SSSR count). The molecule has 7 heteroatoms. The summed E-state index contributed by atoms with van der Waals surface area (Å²) in [4.78, 5) is 36.2. The molecule has 0 aliphatic carbocycles. The number of hydrogen-bond acceptors (Lipinski definition) is 4. The Morgan fingerprint density at radius 1 is 0.897 bits per heavy atom. The fourth-order valence-corrected chi connectivity index (χ4v) is 3.69. The molecule has 1 aromatic heterocycles. The van der Waals surface area contributed by atoms with Crippen molar-refractivity contribution in [2.24, 2.45) is 5.73 Å². The van der Waals surface area contributed by atoms with Crippen LogP contribution in [-0.4, -0.2) is 23.5 Å². The second-order valence-corrected chi connectivity index (χ2v) is 7.82. The van der Waals surface area contributed by atoms with Crippen LogP contribution in [-0.2, 0) is 16.1 Å². The number of hydrogen-bond donors (Lipinski definition) is 2. The molecule has 0 saturated carbocycles. The number of aryl methyl sites for hydroxylation is 1. The summed E-state index contributed by atoms with van der Waals surface area (Å²) < 4.78 is 2.10. The van der Waals surface area contributed by atoms with Gasteiger partial charge in [-0.15, -0.1) is 0 Å². The molecular weight excluding hydrogens is 386 g/mol. The summed E-state index contributed by atoms with van der Waals surface area (Å²) in [5, 5.41) is 2.90. The molecule has 0 atom stereocenters. The summed E-state index contributed by atoms with van der Waals surface area (Å²) in [7, 11) is 0. The Balaban J connectivity index is 1.76. The lowest BCUT2D eigenvalue weighted by Crippen LogP contribution is -2.32. The van der Waals surface area contributed by atoms with E-state index in [-0.39, 0.29) is 16.9 Å². The monoisotopic (exact) mass is 414 g/mol. The smallest absolute Gasteiger partial charge is 0.252 e. The van der Waals surface area contributed by atoms with E-state index in [1.165, 1.54) is 0 Å². The number of rotatable bonds is 12. The topological polar surface area (TPSA) is 93.1 Å². The predicted molar refractivity (Wildman–Crippen MR) is 113 cm³/mol. The molecule has 0 fully saturated rings. The zero-order chi connectivity index (χ0) is 20.9. The fraction of sp³-hybridized carbons (Fsp3) is 0.364.